The van der Waals surface area contributed by atoms with E-state index in [2.05, 4.69) is 10.6 Å². The minimum absolute atomic E-state index is 0.0504. The summed E-state index contributed by atoms with van der Waals surface area (Å²) < 4.78 is 10.0. The highest BCUT2D eigenvalue weighted by Gasteiger charge is 2.09. The van der Waals surface area contributed by atoms with E-state index in [-0.39, 0.29) is 18.4 Å². The molecule has 21 heavy (non-hydrogen) atoms. The summed E-state index contributed by atoms with van der Waals surface area (Å²) in [6.07, 6.45) is 0. The molecule has 0 spiro atoms. The number of amides is 2. The largest absolute Gasteiger partial charge is 0.382 e. The fraction of sp³-hybridized carbons (Fsp3) is 0.467. The Morgan fingerprint density at radius 2 is 1.86 bits per heavy atom. The lowest BCUT2D eigenvalue weighted by Gasteiger charge is -2.08. The molecule has 1 aromatic rings. The average Bonchev–Trinajstić information content (AvgIpc) is 2.49. The second-order valence-electron chi connectivity index (χ2n) is 4.45. The topological polar surface area (TPSA) is 76.7 Å². The van der Waals surface area contributed by atoms with Crippen LogP contribution in [-0.4, -0.2) is 51.8 Å². The predicted octanol–water partition coefficient (Wildman–Crippen LogP) is 0.504. The maximum Gasteiger partial charge on any atom is 0.251 e. The zero-order chi connectivity index (χ0) is 15.5. The van der Waals surface area contributed by atoms with Gasteiger partial charge >= 0.3 is 0 Å². The van der Waals surface area contributed by atoms with E-state index in [9.17, 15) is 9.59 Å². The van der Waals surface area contributed by atoms with Crippen LogP contribution in [0.1, 0.15) is 15.9 Å². The number of carbonyl (C=O) groups is 2. The molecular formula is C15H22N2O4. The number of hydrogen-bond acceptors (Lipinski definition) is 4. The molecule has 0 saturated carbocycles. The van der Waals surface area contributed by atoms with Crippen molar-refractivity contribution in [1.82, 2.24) is 10.6 Å². The summed E-state index contributed by atoms with van der Waals surface area (Å²) in [5.74, 6) is -0.494. The van der Waals surface area contributed by atoms with Crippen molar-refractivity contribution in [2.24, 2.45) is 0 Å². The SMILES string of the molecule is COCCOCCNC(=O)CNC(=O)c1ccccc1C. The third-order valence-corrected chi connectivity index (χ3v) is 2.80. The first kappa shape index (κ1) is 17.1. The van der Waals surface area contributed by atoms with Gasteiger partial charge in [-0.2, -0.15) is 0 Å². The number of nitrogens with one attached hydrogen (secondary N) is 2. The number of carbonyl (C=O) groups excluding carboxylic acids is 2. The summed E-state index contributed by atoms with van der Waals surface area (Å²) in [6, 6.07) is 7.24. The molecule has 0 heterocycles. The van der Waals surface area contributed by atoms with Crippen LogP contribution >= 0.6 is 0 Å². The highest BCUT2D eigenvalue weighted by molar-refractivity contribution is 5.97. The Morgan fingerprint density at radius 1 is 1.10 bits per heavy atom. The minimum Gasteiger partial charge on any atom is -0.382 e. The van der Waals surface area contributed by atoms with Crippen LogP contribution < -0.4 is 10.6 Å². The van der Waals surface area contributed by atoms with Gasteiger partial charge in [-0.05, 0) is 18.6 Å². The third kappa shape index (κ3) is 6.87. The number of rotatable bonds is 9. The van der Waals surface area contributed by atoms with E-state index in [1.54, 1.807) is 19.2 Å². The van der Waals surface area contributed by atoms with Crippen molar-refractivity contribution in [3.8, 4) is 0 Å². The second-order valence-corrected chi connectivity index (χ2v) is 4.45. The molecule has 0 bridgehead atoms. The Hall–Kier alpha value is -1.92. The Bertz CT molecular complexity index is 463. The highest BCUT2D eigenvalue weighted by Crippen LogP contribution is 2.05. The molecule has 6 heteroatoms. The molecule has 0 aliphatic heterocycles. The van der Waals surface area contributed by atoms with Crippen molar-refractivity contribution in [2.75, 3.05) is 40.0 Å². The molecular weight excluding hydrogens is 272 g/mol. The summed E-state index contributed by atoms with van der Waals surface area (Å²) in [7, 11) is 1.60. The van der Waals surface area contributed by atoms with E-state index in [1.807, 2.05) is 19.1 Å². The molecule has 2 amide bonds. The summed E-state index contributed by atoms with van der Waals surface area (Å²) in [4.78, 5) is 23.4. The van der Waals surface area contributed by atoms with Gasteiger partial charge in [0.1, 0.15) is 0 Å². The molecule has 116 valence electrons. The van der Waals surface area contributed by atoms with Crippen LogP contribution in [0.4, 0.5) is 0 Å². The van der Waals surface area contributed by atoms with Crippen LogP contribution in [0, 0.1) is 6.92 Å². The highest BCUT2D eigenvalue weighted by atomic mass is 16.5. The van der Waals surface area contributed by atoms with E-state index in [4.69, 9.17) is 9.47 Å². The monoisotopic (exact) mass is 294 g/mol. The Morgan fingerprint density at radius 3 is 2.57 bits per heavy atom. The quantitative estimate of drug-likeness (QED) is 0.650. The number of aryl methyl sites for hydroxylation is 1. The normalized spacial score (nSPS) is 10.2. The molecule has 0 fully saturated rings. The van der Waals surface area contributed by atoms with E-state index in [0.717, 1.165) is 5.56 Å². The van der Waals surface area contributed by atoms with Gasteiger partial charge in [0.2, 0.25) is 5.91 Å². The van der Waals surface area contributed by atoms with E-state index >= 15 is 0 Å². The van der Waals surface area contributed by atoms with Crippen LogP contribution in [0.2, 0.25) is 0 Å². The van der Waals surface area contributed by atoms with Gasteiger partial charge in [0.05, 0.1) is 26.4 Å². The number of benzene rings is 1. The van der Waals surface area contributed by atoms with Gasteiger partial charge in [0.25, 0.3) is 5.91 Å². The zero-order valence-corrected chi connectivity index (χ0v) is 12.5. The van der Waals surface area contributed by atoms with Gasteiger partial charge in [-0.1, -0.05) is 18.2 Å². The molecule has 0 saturated heterocycles. The van der Waals surface area contributed by atoms with Gasteiger partial charge in [0, 0.05) is 19.2 Å². The van der Waals surface area contributed by atoms with Gasteiger partial charge < -0.3 is 20.1 Å². The van der Waals surface area contributed by atoms with Crippen molar-refractivity contribution >= 4 is 11.8 Å². The molecule has 0 aliphatic carbocycles. The standard InChI is InChI=1S/C15H22N2O4/c1-12-5-3-4-6-13(12)15(19)17-11-14(18)16-7-8-21-10-9-20-2/h3-6H,7-11H2,1-2H3,(H,16,18)(H,17,19). The van der Waals surface area contributed by atoms with Crippen LogP contribution in [0.3, 0.4) is 0 Å². The molecule has 0 unspecified atom stereocenters. The van der Waals surface area contributed by atoms with Crippen molar-refractivity contribution < 1.29 is 19.1 Å². The van der Waals surface area contributed by atoms with Crippen LogP contribution in [0.15, 0.2) is 24.3 Å². The molecule has 1 aromatic carbocycles. The summed E-state index contributed by atoms with van der Waals surface area (Å²) >= 11 is 0. The van der Waals surface area contributed by atoms with Crippen LogP contribution in [0.5, 0.6) is 0 Å². The van der Waals surface area contributed by atoms with Crippen molar-refractivity contribution in [3.05, 3.63) is 35.4 Å². The van der Waals surface area contributed by atoms with E-state index in [1.165, 1.54) is 0 Å². The molecule has 0 aliphatic rings. The average molecular weight is 294 g/mol. The molecule has 1 rings (SSSR count). The van der Waals surface area contributed by atoms with E-state index < -0.39 is 0 Å². The van der Waals surface area contributed by atoms with E-state index in [0.29, 0.717) is 31.9 Å². The minimum atomic E-state index is -0.250. The fourth-order valence-corrected chi connectivity index (χ4v) is 1.65. The van der Waals surface area contributed by atoms with Crippen molar-refractivity contribution in [1.29, 1.82) is 0 Å². The number of ether oxygens (including phenoxy) is 2. The smallest absolute Gasteiger partial charge is 0.251 e. The maximum atomic E-state index is 11.9. The molecule has 0 atom stereocenters. The Labute approximate surface area is 124 Å². The lowest BCUT2D eigenvalue weighted by molar-refractivity contribution is -0.120. The lowest BCUT2D eigenvalue weighted by atomic mass is 10.1. The van der Waals surface area contributed by atoms with Crippen molar-refractivity contribution in [2.45, 2.75) is 6.92 Å². The first-order valence-electron chi connectivity index (χ1n) is 6.82. The first-order valence-corrected chi connectivity index (χ1v) is 6.82. The second kappa shape index (κ2) is 9.90. The Kier molecular flexibility index (Phi) is 8.08. The zero-order valence-electron chi connectivity index (χ0n) is 12.5. The van der Waals surface area contributed by atoms with Crippen LogP contribution in [-0.2, 0) is 14.3 Å². The molecule has 0 aromatic heterocycles. The predicted molar refractivity (Wildman–Crippen MR) is 79.2 cm³/mol. The molecule has 2 N–H and O–H groups in total. The lowest BCUT2D eigenvalue weighted by Crippen LogP contribution is -2.38. The van der Waals surface area contributed by atoms with Gasteiger partial charge in [-0.3, -0.25) is 9.59 Å². The van der Waals surface area contributed by atoms with Crippen LogP contribution in [0.25, 0.3) is 0 Å². The Balaban J connectivity index is 2.18. The maximum absolute atomic E-state index is 11.9. The van der Waals surface area contributed by atoms with Gasteiger partial charge in [-0.25, -0.2) is 0 Å². The number of methoxy groups -OCH3 is 1. The molecule has 6 nitrogen and oxygen atoms in total. The summed E-state index contributed by atoms with van der Waals surface area (Å²) in [6.45, 7) is 3.65. The van der Waals surface area contributed by atoms with Gasteiger partial charge in [0.15, 0.2) is 0 Å². The number of hydrogen-bond donors (Lipinski definition) is 2. The summed E-state index contributed by atoms with van der Waals surface area (Å²) in [5, 5.41) is 5.25. The fourth-order valence-electron chi connectivity index (χ4n) is 1.65. The first-order chi connectivity index (χ1) is 10.1. The van der Waals surface area contributed by atoms with Crippen molar-refractivity contribution in [3.63, 3.8) is 0 Å². The third-order valence-electron chi connectivity index (χ3n) is 2.80. The van der Waals surface area contributed by atoms with Gasteiger partial charge in [-0.15, -0.1) is 0 Å². The molecule has 0 radical (unpaired) electrons. The summed E-state index contributed by atoms with van der Waals surface area (Å²) in [5.41, 5.74) is 1.45.